The molecule has 1 heterocycles. The second-order valence-electron chi connectivity index (χ2n) is 5.98. The fourth-order valence-corrected chi connectivity index (χ4v) is 3.60. The van der Waals surface area contributed by atoms with Crippen molar-refractivity contribution in [2.24, 2.45) is 0 Å². The third kappa shape index (κ3) is 5.15. The molecule has 148 valence electrons. The van der Waals surface area contributed by atoms with Crippen molar-refractivity contribution >= 4 is 28.9 Å². The molecule has 2 rings (SSSR count). The Balaban J connectivity index is 2.66. The number of carbonyl (C=O) groups is 1. The lowest BCUT2D eigenvalue weighted by Gasteiger charge is -2.04. The van der Waals surface area contributed by atoms with Crippen LogP contribution in [0.3, 0.4) is 0 Å². The predicted molar refractivity (Wildman–Crippen MR) is 107 cm³/mol. The number of carbonyl (C=O) groups excluding carboxylic acids is 1. The summed E-state index contributed by atoms with van der Waals surface area (Å²) in [5.41, 5.74) is -0.269. The third-order valence-corrected chi connectivity index (χ3v) is 5.12. The molecular formula is C20H22FN3O3S. The second-order valence-corrected chi connectivity index (χ2v) is 7.01. The van der Waals surface area contributed by atoms with Gasteiger partial charge in [-0.2, -0.15) is 5.26 Å². The van der Waals surface area contributed by atoms with Crippen molar-refractivity contribution in [1.82, 2.24) is 9.88 Å². The van der Waals surface area contributed by atoms with Crippen LogP contribution in [0, 0.1) is 17.1 Å². The molecule has 1 aromatic heterocycles. The van der Waals surface area contributed by atoms with E-state index in [1.807, 2.05) is 13.0 Å². The molecule has 1 aromatic carbocycles. The van der Waals surface area contributed by atoms with E-state index in [1.54, 1.807) is 18.2 Å². The van der Waals surface area contributed by atoms with Crippen LogP contribution in [-0.2, 0) is 16.1 Å². The van der Waals surface area contributed by atoms with Crippen LogP contribution in [0.2, 0.25) is 0 Å². The maximum Gasteiger partial charge on any atom is 0.269 e. The molecule has 28 heavy (non-hydrogen) atoms. The number of ether oxygens (including phenoxy) is 1. The molecule has 0 aliphatic carbocycles. The molecule has 0 saturated heterocycles. The molecule has 1 amide bonds. The molecule has 0 bridgehead atoms. The lowest BCUT2D eigenvalue weighted by Crippen LogP contribution is -2.36. The first-order valence-corrected chi connectivity index (χ1v) is 9.72. The van der Waals surface area contributed by atoms with E-state index < -0.39 is 17.3 Å². The largest absolute Gasteiger partial charge is 0.383 e. The smallest absolute Gasteiger partial charge is 0.269 e. The molecule has 6 nitrogen and oxygen atoms in total. The minimum atomic E-state index is -0.527. The fourth-order valence-electron chi connectivity index (χ4n) is 2.49. The molecule has 0 aliphatic heterocycles. The number of rotatable bonds is 8. The fraction of sp³-hybridized carbons (Fsp3) is 0.350. The monoisotopic (exact) mass is 403 g/mol. The number of halogens is 1. The van der Waals surface area contributed by atoms with E-state index in [9.17, 15) is 19.2 Å². The van der Waals surface area contributed by atoms with Gasteiger partial charge in [-0.05, 0) is 18.6 Å². The minimum absolute atomic E-state index is 0.137. The summed E-state index contributed by atoms with van der Waals surface area (Å²) in [5, 5.41) is 12.2. The van der Waals surface area contributed by atoms with Crippen molar-refractivity contribution in [3.05, 3.63) is 55.2 Å². The number of nitrogens with one attached hydrogen (secondary N) is 1. The van der Waals surface area contributed by atoms with Gasteiger partial charge < -0.3 is 10.1 Å². The first-order valence-electron chi connectivity index (χ1n) is 8.90. The van der Waals surface area contributed by atoms with E-state index in [-0.39, 0.29) is 33.5 Å². The SMILES string of the molecule is CCCCNC(=O)/C(C#N)=c1\s/c(=C\c2ccccc2F)c(=O)n1CCOC. The van der Waals surface area contributed by atoms with Crippen molar-refractivity contribution in [2.75, 3.05) is 20.3 Å². The Labute approximate surface area is 166 Å². The number of thiazole rings is 1. The summed E-state index contributed by atoms with van der Waals surface area (Å²) in [4.78, 5) is 25.3. The van der Waals surface area contributed by atoms with Crippen LogP contribution in [0.25, 0.3) is 11.6 Å². The van der Waals surface area contributed by atoms with Gasteiger partial charge >= 0.3 is 0 Å². The Hall–Kier alpha value is -2.76. The number of nitrogens with zero attached hydrogens (tertiary/aromatic N) is 2. The van der Waals surface area contributed by atoms with E-state index in [4.69, 9.17) is 4.74 Å². The standard InChI is InChI=1S/C20H22FN3O3S/c1-3-4-9-23-18(25)15(13-22)20-24(10-11-27-2)19(26)17(28-20)12-14-7-5-6-8-16(14)21/h5-8,12H,3-4,9-11H2,1-2H3,(H,23,25)/b17-12-,20-15-. The summed E-state index contributed by atoms with van der Waals surface area (Å²) < 4.78 is 20.8. The maximum absolute atomic E-state index is 14.0. The number of amides is 1. The first kappa shape index (κ1) is 21.5. The van der Waals surface area contributed by atoms with Gasteiger partial charge in [0.15, 0.2) is 5.57 Å². The van der Waals surface area contributed by atoms with Gasteiger partial charge in [-0.15, -0.1) is 11.3 Å². The molecule has 0 fully saturated rings. The van der Waals surface area contributed by atoms with E-state index in [2.05, 4.69) is 5.32 Å². The second kappa shape index (κ2) is 10.5. The van der Waals surface area contributed by atoms with Crippen molar-refractivity contribution in [2.45, 2.75) is 26.3 Å². The van der Waals surface area contributed by atoms with Crippen LogP contribution in [0.15, 0.2) is 29.1 Å². The minimum Gasteiger partial charge on any atom is -0.383 e. The molecule has 2 aromatic rings. The zero-order valence-electron chi connectivity index (χ0n) is 15.8. The lowest BCUT2D eigenvalue weighted by atomic mass is 10.2. The molecule has 0 spiro atoms. The molecule has 0 radical (unpaired) electrons. The third-order valence-electron chi connectivity index (χ3n) is 3.99. The zero-order valence-corrected chi connectivity index (χ0v) is 16.6. The van der Waals surface area contributed by atoms with Crippen LogP contribution in [-0.4, -0.2) is 30.7 Å². The summed E-state index contributed by atoms with van der Waals surface area (Å²) in [7, 11) is 1.50. The van der Waals surface area contributed by atoms with E-state index >= 15 is 0 Å². The number of hydrogen-bond donors (Lipinski definition) is 1. The molecule has 0 unspecified atom stereocenters. The van der Waals surface area contributed by atoms with Gasteiger partial charge in [0.1, 0.15) is 16.5 Å². The van der Waals surface area contributed by atoms with Gasteiger partial charge in [-0.25, -0.2) is 4.39 Å². The van der Waals surface area contributed by atoms with Crippen molar-refractivity contribution in [1.29, 1.82) is 5.26 Å². The van der Waals surface area contributed by atoms with Crippen LogP contribution >= 0.6 is 11.3 Å². The molecule has 0 aliphatic rings. The average molecular weight is 403 g/mol. The Morgan fingerprint density at radius 2 is 2.18 bits per heavy atom. The van der Waals surface area contributed by atoms with Crippen molar-refractivity contribution in [3.8, 4) is 6.07 Å². The molecule has 8 heteroatoms. The molecule has 0 saturated carbocycles. The van der Waals surface area contributed by atoms with Crippen molar-refractivity contribution in [3.63, 3.8) is 0 Å². The van der Waals surface area contributed by atoms with E-state index in [1.165, 1.54) is 23.8 Å². The Kier molecular flexibility index (Phi) is 8.11. The topological polar surface area (TPSA) is 84.1 Å². The van der Waals surface area contributed by atoms with Crippen LogP contribution in [0.1, 0.15) is 25.3 Å². The lowest BCUT2D eigenvalue weighted by molar-refractivity contribution is -0.115. The number of benzene rings is 1. The first-order chi connectivity index (χ1) is 13.5. The van der Waals surface area contributed by atoms with E-state index in [0.29, 0.717) is 6.54 Å². The van der Waals surface area contributed by atoms with Gasteiger partial charge in [0.05, 0.1) is 17.7 Å². The highest BCUT2D eigenvalue weighted by Crippen LogP contribution is 2.06. The summed E-state index contributed by atoms with van der Waals surface area (Å²) in [6, 6.07) is 7.99. The van der Waals surface area contributed by atoms with Crippen LogP contribution in [0.4, 0.5) is 4.39 Å². The average Bonchev–Trinajstić information content (AvgIpc) is 2.98. The summed E-state index contributed by atoms with van der Waals surface area (Å²) in [5.74, 6) is -0.983. The van der Waals surface area contributed by atoms with Gasteiger partial charge in [0.2, 0.25) is 0 Å². The summed E-state index contributed by atoms with van der Waals surface area (Å²) in [6.07, 6.45) is 3.12. The normalized spacial score (nSPS) is 12.6. The highest BCUT2D eigenvalue weighted by Gasteiger charge is 2.15. The number of unbranched alkanes of at least 4 members (excludes halogenated alkanes) is 1. The van der Waals surface area contributed by atoms with Gasteiger partial charge in [0, 0.05) is 19.2 Å². The van der Waals surface area contributed by atoms with Crippen molar-refractivity contribution < 1.29 is 13.9 Å². The predicted octanol–water partition coefficient (Wildman–Crippen LogP) is 1.11. The van der Waals surface area contributed by atoms with Crippen LogP contribution < -0.4 is 20.1 Å². The van der Waals surface area contributed by atoms with Gasteiger partial charge in [-0.1, -0.05) is 31.5 Å². The van der Waals surface area contributed by atoms with Crippen LogP contribution in [0.5, 0.6) is 0 Å². The van der Waals surface area contributed by atoms with Gasteiger partial charge in [-0.3, -0.25) is 14.2 Å². The van der Waals surface area contributed by atoms with E-state index in [0.717, 1.165) is 24.2 Å². The Bertz CT molecular complexity index is 1050. The summed E-state index contributed by atoms with van der Waals surface area (Å²) in [6.45, 7) is 2.86. The number of methoxy groups -OCH3 is 1. The number of aromatic nitrogens is 1. The molecule has 0 atom stereocenters. The molecular weight excluding hydrogens is 381 g/mol. The highest BCUT2D eigenvalue weighted by atomic mass is 32.1. The Morgan fingerprint density at radius 3 is 2.82 bits per heavy atom. The number of nitriles is 1. The number of hydrogen-bond acceptors (Lipinski definition) is 5. The molecule has 1 N–H and O–H groups in total. The maximum atomic E-state index is 14.0. The zero-order chi connectivity index (χ0) is 20.5. The quantitative estimate of drug-likeness (QED) is 0.670. The highest BCUT2D eigenvalue weighted by molar-refractivity contribution is 7.07. The summed E-state index contributed by atoms with van der Waals surface area (Å²) >= 11 is 0.993. The van der Waals surface area contributed by atoms with Gasteiger partial charge in [0.25, 0.3) is 11.5 Å². The Morgan fingerprint density at radius 1 is 1.43 bits per heavy atom.